The van der Waals surface area contributed by atoms with E-state index in [9.17, 15) is 8.42 Å². The molecular formula is C12H13IN2O2S2. The van der Waals surface area contributed by atoms with Crippen molar-refractivity contribution < 1.29 is 8.42 Å². The van der Waals surface area contributed by atoms with Crippen molar-refractivity contribution in [3.05, 3.63) is 44.2 Å². The first-order valence-corrected chi connectivity index (χ1v) is 8.96. The van der Waals surface area contributed by atoms with Crippen molar-refractivity contribution in [3.63, 3.8) is 0 Å². The fourth-order valence-electron chi connectivity index (χ4n) is 1.53. The number of hydrogen-bond acceptors (Lipinski definition) is 4. The Bertz CT molecular complexity index is 668. The quantitative estimate of drug-likeness (QED) is 0.749. The zero-order valence-corrected chi connectivity index (χ0v) is 14.0. The lowest BCUT2D eigenvalue weighted by atomic mass is 10.3. The Labute approximate surface area is 130 Å². The van der Waals surface area contributed by atoms with Crippen LogP contribution in [0.15, 0.2) is 40.6 Å². The lowest BCUT2D eigenvalue weighted by Crippen LogP contribution is -2.12. The van der Waals surface area contributed by atoms with Gasteiger partial charge in [0.1, 0.15) is 0 Å². The summed E-state index contributed by atoms with van der Waals surface area (Å²) in [7, 11) is -1.67. The second-order valence-corrected chi connectivity index (χ2v) is 7.82. The van der Waals surface area contributed by atoms with Crippen molar-refractivity contribution in [3.8, 4) is 0 Å². The van der Waals surface area contributed by atoms with Crippen LogP contribution in [0.5, 0.6) is 0 Å². The second-order valence-electron chi connectivity index (χ2n) is 3.89. The lowest BCUT2D eigenvalue weighted by molar-refractivity contribution is 0.601. The normalized spacial score (nSPS) is 11.5. The van der Waals surface area contributed by atoms with Gasteiger partial charge >= 0.3 is 0 Å². The smallest absolute Gasteiger partial charge is 0.262 e. The second kappa shape index (κ2) is 6.21. The van der Waals surface area contributed by atoms with E-state index in [2.05, 4.69) is 32.6 Å². The average Bonchev–Trinajstić information content (AvgIpc) is 2.78. The van der Waals surface area contributed by atoms with Crippen LogP contribution in [0.4, 0.5) is 5.69 Å². The van der Waals surface area contributed by atoms with Crippen LogP contribution in [-0.2, 0) is 16.6 Å². The summed E-state index contributed by atoms with van der Waals surface area (Å²) < 4.78 is 28.0. The number of benzene rings is 1. The summed E-state index contributed by atoms with van der Waals surface area (Å²) >= 11 is 3.58. The Balaban J connectivity index is 2.22. The van der Waals surface area contributed by atoms with Gasteiger partial charge in [0.15, 0.2) is 0 Å². The van der Waals surface area contributed by atoms with Crippen molar-refractivity contribution >= 4 is 49.6 Å². The zero-order valence-electron chi connectivity index (χ0n) is 10.2. The maximum absolute atomic E-state index is 12.2. The van der Waals surface area contributed by atoms with E-state index in [-0.39, 0.29) is 0 Å². The van der Waals surface area contributed by atoms with Crippen molar-refractivity contribution in [1.29, 1.82) is 0 Å². The van der Waals surface area contributed by atoms with Crippen LogP contribution in [0.25, 0.3) is 0 Å². The predicted molar refractivity (Wildman–Crippen MR) is 87.1 cm³/mol. The molecule has 2 N–H and O–H groups in total. The third-order valence-electron chi connectivity index (χ3n) is 2.37. The molecule has 0 unspecified atom stereocenters. The molecule has 0 saturated carbocycles. The molecule has 0 aliphatic rings. The van der Waals surface area contributed by atoms with E-state index in [0.717, 1.165) is 8.45 Å². The highest BCUT2D eigenvalue weighted by Gasteiger charge is 2.16. The summed E-state index contributed by atoms with van der Waals surface area (Å²) in [4.78, 5) is 1.30. The van der Waals surface area contributed by atoms with Gasteiger partial charge in [0.05, 0.1) is 4.90 Å². The van der Waals surface area contributed by atoms with E-state index in [1.165, 1.54) is 11.3 Å². The standard InChI is InChI=1S/C12H13IN2O2S2/c1-14-7-11-6-12(8-18-11)19(16,17)15-10-4-2-3-9(13)5-10/h2-6,8,14-15H,7H2,1H3. The minimum Gasteiger partial charge on any atom is -0.315 e. The number of halogens is 1. The summed E-state index contributed by atoms with van der Waals surface area (Å²) in [5.41, 5.74) is 0.577. The summed E-state index contributed by atoms with van der Waals surface area (Å²) in [5, 5.41) is 4.66. The third-order valence-corrected chi connectivity index (χ3v) is 5.49. The van der Waals surface area contributed by atoms with Crippen LogP contribution < -0.4 is 10.0 Å². The fraction of sp³-hybridized carbons (Fsp3) is 0.167. The van der Waals surface area contributed by atoms with Gasteiger partial charge in [-0.25, -0.2) is 8.42 Å². The number of rotatable bonds is 5. The van der Waals surface area contributed by atoms with E-state index >= 15 is 0 Å². The van der Waals surface area contributed by atoms with Gasteiger partial charge in [-0.15, -0.1) is 11.3 Å². The van der Waals surface area contributed by atoms with Crippen LogP contribution in [0.3, 0.4) is 0 Å². The predicted octanol–water partition coefficient (Wildman–Crippen LogP) is 2.87. The highest BCUT2D eigenvalue weighted by molar-refractivity contribution is 14.1. The first kappa shape index (κ1) is 14.8. The fourth-order valence-corrected chi connectivity index (χ4v) is 4.41. The number of hydrogen-bond donors (Lipinski definition) is 2. The van der Waals surface area contributed by atoms with Crippen LogP contribution in [0.1, 0.15) is 4.88 Å². The Kier molecular flexibility index (Phi) is 4.82. The molecule has 7 heteroatoms. The van der Waals surface area contributed by atoms with E-state index in [1.807, 2.05) is 19.2 Å². The molecule has 0 radical (unpaired) electrons. The third kappa shape index (κ3) is 3.91. The number of nitrogens with one attached hydrogen (secondary N) is 2. The van der Waals surface area contributed by atoms with Crippen molar-refractivity contribution in [2.75, 3.05) is 11.8 Å². The summed E-state index contributed by atoms with van der Waals surface area (Å²) in [6.07, 6.45) is 0. The molecule has 2 aromatic rings. The molecule has 4 nitrogen and oxygen atoms in total. The van der Waals surface area contributed by atoms with Gasteiger partial charge in [0.25, 0.3) is 10.0 Å². The molecule has 0 amide bonds. The highest BCUT2D eigenvalue weighted by Crippen LogP contribution is 2.22. The molecule has 19 heavy (non-hydrogen) atoms. The molecule has 0 atom stereocenters. The molecule has 0 aliphatic carbocycles. The lowest BCUT2D eigenvalue weighted by Gasteiger charge is -2.06. The molecular weight excluding hydrogens is 395 g/mol. The summed E-state index contributed by atoms with van der Waals surface area (Å²) in [6.45, 7) is 0.670. The van der Waals surface area contributed by atoms with Gasteiger partial charge in [-0.1, -0.05) is 6.07 Å². The van der Waals surface area contributed by atoms with Gasteiger partial charge in [-0.05, 0) is 53.9 Å². The maximum atomic E-state index is 12.2. The molecule has 1 heterocycles. The average molecular weight is 408 g/mol. The Morgan fingerprint density at radius 3 is 2.79 bits per heavy atom. The molecule has 0 bridgehead atoms. The topological polar surface area (TPSA) is 58.2 Å². The minimum atomic E-state index is -3.50. The van der Waals surface area contributed by atoms with Gasteiger partial charge < -0.3 is 5.32 Å². The van der Waals surface area contributed by atoms with Crippen LogP contribution in [0.2, 0.25) is 0 Å². The Hall–Kier alpha value is -0.640. The van der Waals surface area contributed by atoms with Gasteiger partial charge in [-0.2, -0.15) is 0 Å². The van der Waals surface area contributed by atoms with E-state index < -0.39 is 10.0 Å². The van der Waals surface area contributed by atoms with Crippen molar-refractivity contribution in [1.82, 2.24) is 5.32 Å². The van der Waals surface area contributed by atoms with Gasteiger partial charge in [0.2, 0.25) is 0 Å². The maximum Gasteiger partial charge on any atom is 0.262 e. The van der Waals surface area contributed by atoms with Crippen molar-refractivity contribution in [2.45, 2.75) is 11.4 Å². The van der Waals surface area contributed by atoms with Crippen LogP contribution in [0, 0.1) is 3.57 Å². The van der Waals surface area contributed by atoms with E-state index in [4.69, 9.17) is 0 Å². The molecule has 102 valence electrons. The largest absolute Gasteiger partial charge is 0.315 e. The van der Waals surface area contributed by atoms with E-state index in [0.29, 0.717) is 17.1 Å². The van der Waals surface area contributed by atoms with Crippen LogP contribution >= 0.6 is 33.9 Å². The molecule has 0 fully saturated rings. The molecule has 0 spiro atoms. The van der Waals surface area contributed by atoms with Gasteiger partial charge in [0, 0.05) is 26.1 Å². The summed E-state index contributed by atoms with van der Waals surface area (Å²) in [6, 6.07) is 8.95. The van der Waals surface area contributed by atoms with E-state index in [1.54, 1.807) is 23.6 Å². The zero-order chi connectivity index (χ0) is 13.9. The van der Waals surface area contributed by atoms with Crippen LogP contribution in [-0.4, -0.2) is 15.5 Å². The SMILES string of the molecule is CNCc1cc(S(=O)(=O)Nc2cccc(I)c2)cs1. The number of thiophene rings is 1. The minimum absolute atomic E-state index is 0.307. The molecule has 1 aromatic heterocycles. The first-order chi connectivity index (χ1) is 9.01. The Morgan fingerprint density at radius 1 is 1.32 bits per heavy atom. The number of anilines is 1. The van der Waals surface area contributed by atoms with Gasteiger partial charge in [-0.3, -0.25) is 4.72 Å². The first-order valence-electron chi connectivity index (χ1n) is 5.51. The van der Waals surface area contributed by atoms with Crippen molar-refractivity contribution in [2.24, 2.45) is 0 Å². The molecule has 1 aromatic carbocycles. The molecule has 2 rings (SSSR count). The number of sulfonamides is 1. The summed E-state index contributed by atoms with van der Waals surface area (Å²) in [5.74, 6) is 0. The Morgan fingerprint density at radius 2 is 2.11 bits per heavy atom. The molecule has 0 aliphatic heterocycles. The molecule has 0 saturated heterocycles. The monoisotopic (exact) mass is 408 g/mol. The highest BCUT2D eigenvalue weighted by atomic mass is 127.